The van der Waals surface area contributed by atoms with Crippen molar-refractivity contribution in [2.45, 2.75) is 26.0 Å². The zero-order valence-corrected chi connectivity index (χ0v) is 18.0. The normalized spacial score (nSPS) is 22.4. The standard InChI is InChI=1S/C26H24N2O4/c1-3-31-21-15-13-19(14-16-21)27-25(29)22-23(18-11-9-17(2)10-12-18)28(32-24(22)26(27)30)20-7-5-4-6-8-20/h4-16,22-24H,3H2,1-2H3/t22-,23-,24+/m0/s1. The average molecular weight is 428 g/mol. The summed E-state index contributed by atoms with van der Waals surface area (Å²) in [7, 11) is 0. The first-order valence-corrected chi connectivity index (χ1v) is 10.8. The van der Waals surface area contributed by atoms with E-state index < -0.39 is 18.1 Å². The number of aryl methyl sites for hydroxylation is 1. The minimum absolute atomic E-state index is 0.256. The smallest absolute Gasteiger partial charge is 0.266 e. The largest absolute Gasteiger partial charge is 0.494 e. The van der Waals surface area contributed by atoms with E-state index in [1.165, 1.54) is 4.90 Å². The Morgan fingerprint density at radius 1 is 0.844 bits per heavy atom. The summed E-state index contributed by atoms with van der Waals surface area (Å²) in [6.45, 7) is 4.47. The van der Waals surface area contributed by atoms with Gasteiger partial charge in [-0.05, 0) is 55.8 Å². The monoisotopic (exact) mass is 428 g/mol. The lowest BCUT2D eigenvalue weighted by Gasteiger charge is -2.28. The third-order valence-corrected chi connectivity index (χ3v) is 5.95. The number of hydrogen-bond donors (Lipinski definition) is 0. The van der Waals surface area contributed by atoms with E-state index in [1.807, 2.05) is 68.4 Å². The summed E-state index contributed by atoms with van der Waals surface area (Å²) in [6.07, 6.45) is -0.874. The Kier molecular flexibility index (Phi) is 5.15. The SMILES string of the molecule is CCOc1ccc(N2C(=O)[C@@H]3[C@@H](ON(c4ccccc4)[C@H]3c3ccc(C)cc3)C2=O)cc1. The van der Waals surface area contributed by atoms with Crippen molar-refractivity contribution in [1.29, 1.82) is 0 Å². The molecule has 162 valence electrons. The Morgan fingerprint density at radius 3 is 2.19 bits per heavy atom. The van der Waals surface area contributed by atoms with Crippen LogP contribution in [0.2, 0.25) is 0 Å². The predicted molar refractivity (Wildman–Crippen MR) is 121 cm³/mol. The van der Waals surface area contributed by atoms with Gasteiger partial charge in [-0.2, -0.15) is 0 Å². The van der Waals surface area contributed by atoms with Crippen molar-refractivity contribution < 1.29 is 19.2 Å². The first-order valence-electron chi connectivity index (χ1n) is 10.8. The minimum Gasteiger partial charge on any atom is -0.494 e. The molecule has 0 saturated carbocycles. The van der Waals surface area contributed by atoms with Crippen molar-refractivity contribution in [3.05, 3.63) is 90.0 Å². The van der Waals surface area contributed by atoms with Gasteiger partial charge in [0.1, 0.15) is 11.7 Å². The highest BCUT2D eigenvalue weighted by Gasteiger charge is 2.60. The van der Waals surface area contributed by atoms with Crippen LogP contribution in [0.25, 0.3) is 0 Å². The molecule has 0 aliphatic carbocycles. The highest BCUT2D eigenvalue weighted by Crippen LogP contribution is 2.47. The number of anilines is 2. The van der Waals surface area contributed by atoms with Gasteiger partial charge in [-0.1, -0.05) is 48.0 Å². The molecule has 2 aliphatic heterocycles. The number of para-hydroxylation sites is 1. The van der Waals surface area contributed by atoms with E-state index in [2.05, 4.69) is 0 Å². The predicted octanol–water partition coefficient (Wildman–Crippen LogP) is 4.44. The second-order valence-corrected chi connectivity index (χ2v) is 8.01. The first-order chi connectivity index (χ1) is 15.6. The van der Waals surface area contributed by atoms with Crippen LogP contribution in [0.3, 0.4) is 0 Å². The van der Waals surface area contributed by atoms with Gasteiger partial charge in [0, 0.05) is 0 Å². The summed E-state index contributed by atoms with van der Waals surface area (Å²) >= 11 is 0. The van der Waals surface area contributed by atoms with Crippen LogP contribution in [0.1, 0.15) is 24.1 Å². The Bertz CT molecular complexity index is 1130. The minimum atomic E-state index is -0.874. The second-order valence-electron chi connectivity index (χ2n) is 8.01. The van der Waals surface area contributed by atoms with Gasteiger partial charge in [0.15, 0.2) is 6.10 Å². The molecule has 0 radical (unpaired) electrons. The van der Waals surface area contributed by atoms with E-state index >= 15 is 0 Å². The van der Waals surface area contributed by atoms with Crippen LogP contribution in [0.4, 0.5) is 11.4 Å². The van der Waals surface area contributed by atoms with Crippen LogP contribution in [0.15, 0.2) is 78.9 Å². The molecule has 0 spiro atoms. The van der Waals surface area contributed by atoms with Gasteiger partial charge in [-0.15, -0.1) is 0 Å². The fraction of sp³-hybridized carbons (Fsp3) is 0.231. The lowest BCUT2D eigenvalue weighted by molar-refractivity contribution is -0.126. The molecule has 3 atom stereocenters. The van der Waals surface area contributed by atoms with Gasteiger partial charge in [-0.3, -0.25) is 14.4 Å². The number of imide groups is 1. The number of ether oxygens (including phenoxy) is 1. The van der Waals surface area contributed by atoms with Crippen molar-refractivity contribution in [3.8, 4) is 5.75 Å². The lowest BCUT2D eigenvalue weighted by Crippen LogP contribution is -2.37. The van der Waals surface area contributed by atoms with E-state index in [0.29, 0.717) is 18.0 Å². The number of carbonyl (C=O) groups excluding carboxylic acids is 2. The quantitative estimate of drug-likeness (QED) is 0.562. The second kappa shape index (κ2) is 8.13. The molecule has 3 aromatic rings. The Hall–Kier alpha value is -3.64. The Morgan fingerprint density at radius 2 is 1.53 bits per heavy atom. The highest BCUT2D eigenvalue weighted by atomic mass is 16.7. The van der Waals surface area contributed by atoms with Gasteiger partial charge in [0.2, 0.25) is 5.91 Å². The maximum atomic E-state index is 13.6. The molecule has 0 unspecified atom stereocenters. The van der Waals surface area contributed by atoms with Crippen molar-refractivity contribution in [2.24, 2.45) is 5.92 Å². The van der Waals surface area contributed by atoms with Crippen LogP contribution in [-0.2, 0) is 14.4 Å². The van der Waals surface area contributed by atoms with Gasteiger partial charge in [-0.25, -0.2) is 9.96 Å². The van der Waals surface area contributed by atoms with Crippen molar-refractivity contribution in [2.75, 3.05) is 16.6 Å². The molecule has 2 heterocycles. The summed E-state index contributed by atoms with van der Waals surface area (Å²) < 4.78 is 5.48. The number of rotatable bonds is 5. The fourth-order valence-corrected chi connectivity index (χ4v) is 4.43. The lowest BCUT2D eigenvalue weighted by atomic mass is 9.90. The highest BCUT2D eigenvalue weighted by molar-refractivity contribution is 6.23. The van der Waals surface area contributed by atoms with Crippen LogP contribution in [0, 0.1) is 12.8 Å². The summed E-state index contributed by atoms with van der Waals surface area (Å²) in [5.74, 6) is -0.551. The number of amides is 2. The van der Waals surface area contributed by atoms with Crippen molar-refractivity contribution >= 4 is 23.2 Å². The van der Waals surface area contributed by atoms with Gasteiger partial charge >= 0.3 is 0 Å². The molecule has 0 aromatic heterocycles. The average Bonchev–Trinajstić information content (AvgIpc) is 3.32. The Labute approximate surface area is 186 Å². The molecule has 32 heavy (non-hydrogen) atoms. The zero-order chi connectivity index (χ0) is 22.2. The molecule has 6 nitrogen and oxygen atoms in total. The molecule has 2 aliphatic rings. The summed E-state index contributed by atoms with van der Waals surface area (Å²) in [5, 5.41) is 1.71. The summed E-state index contributed by atoms with van der Waals surface area (Å²) in [4.78, 5) is 34.3. The maximum absolute atomic E-state index is 13.6. The molecule has 5 rings (SSSR count). The number of benzene rings is 3. The van der Waals surface area contributed by atoms with Crippen LogP contribution < -0.4 is 14.7 Å². The van der Waals surface area contributed by atoms with E-state index in [0.717, 1.165) is 16.8 Å². The maximum Gasteiger partial charge on any atom is 0.266 e. The molecule has 6 heteroatoms. The fourth-order valence-electron chi connectivity index (χ4n) is 4.43. The topological polar surface area (TPSA) is 59.1 Å². The molecule has 3 aromatic carbocycles. The number of hydrogen-bond acceptors (Lipinski definition) is 5. The third-order valence-electron chi connectivity index (χ3n) is 5.95. The van der Waals surface area contributed by atoms with E-state index in [4.69, 9.17) is 9.57 Å². The summed E-state index contributed by atoms with van der Waals surface area (Å²) in [5.41, 5.74) is 3.39. The molecular formula is C26H24N2O4. The molecule has 0 N–H and O–H groups in total. The zero-order valence-electron chi connectivity index (χ0n) is 18.0. The van der Waals surface area contributed by atoms with Crippen LogP contribution in [-0.4, -0.2) is 24.5 Å². The van der Waals surface area contributed by atoms with E-state index in [-0.39, 0.29) is 11.8 Å². The first kappa shape index (κ1) is 20.3. The number of carbonyl (C=O) groups is 2. The number of nitrogens with zero attached hydrogens (tertiary/aromatic N) is 2. The van der Waals surface area contributed by atoms with Gasteiger partial charge in [0.05, 0.1) is 24.0 Å². The molecular weight excluding hydrogens is 404 g/mol. The van der Waals surface area contributed by atoms with Crippen LogP contribution >= 0.6 is 0 Å². The molecule has 2 amide bonds. The van der Waals surface area contributed by atoms with Gasteiger partial charge in [0.25, 0.3) is 5.91 Å². The van der Waals surface area contributed by atoms with Crippen molar-refractivity contribution in [1.82, 2.24) is 0 Å². The Balaban J connectivity index is 1.53. The third kappa shape index (κ3) is 3.33. The van der Waals surface area contributed by atoms with Crippen LogP contribution in [0.5, 0.6) is 5.75 Å². The molecule has 2 saturated heterocycles. The van der Waals surface area contributed by atoms with Gasteiger partial charge < -0.3 is 4.74 Å². The van der Waals surface area contributed by atoms with E-state index in [9.17, 15) is 9.59 Å². The van der Waals surface area contributed by atoms with E-state index in [1.54, 1.807) is 29.3 Å². The number of hydroxylamine groups is 1. The molecule has 2 fully saturated rings. The number of fused-ring (bicyclic) bond motifs is 1. The van der Waals surface area contributed by atoms with Crippen molar-refractivity contribution in [3.63, 3.8) is 0 Å². The summed E-state index contributed by atoms with van der Waals surface area (Å²) in [6, 6.07) is 24.2. The molecule has 0 bridgehead atoms.